The van der Waals surface area contributed by atoms with Crippen LogP contribution in [0.15, 0.2) is 48.5 Å². The van der Waals surface area contributed by atoms with Crippen molar-refractivity contribution >= 4 is 27.9 Å². The number of benzene rings is 2. The van der Waals surface area contributed by atoms with Gasteiger partial charge in [-0.15, -0.1) is 0 Å². The van der Waals surface area contributed by atoms with Gasteiger partial charge in [-0.05, 0) is 89.8 Å². The first-order valence-electron chi connectivity index (χ1n) is 12.8. The third-order valence-electron chi connectivity index (χ3n) is 5.68. The summed E-state index contributed by atoms with van der Waals surface area (Å²) in [5, 5.41) is 0.552. The Labute approximate surface area is 235 Å². The molecule has 0 aromatic heterocycles. The summed E-state index contributed by atoms with van der Waals surface area (Å²) in [6, 6.07) is 13.7. The van der Waals surface area contributed by atoms with Crippen LogP contribution in [0.3, 0.4) is 0 Å². The molecule has 0 radical (unpaired) electrons. The maximum atomic E-state index is 13.7. The van der Waals surface area contributed by atoms with Gasteiger partial charge in [0, 0.05) is 11.9 Å². The number of carbonyl (C=O) groups excluding carboxylic acids is 2. The Balaban J connectivity index is 2.55. The number of carbonyl (C=O) groups is 2. The highest BCUT2D eigenvalue weighted by molar-refractivity contribution is 9.09. The number of hydrogen-bond donors (Lipinski definition) is 0. The summed E-state index contributed by atoms with van der Waals surface area (Å²) in [6.45, 7) is 11.5. The van der Waals surface area contributed by atoms with Gasteiger partial charge < -0.3 is 18.9 Å². The monoisotopic (exact) mass is 591 g/mol. The van der Waals surface area contributed by atoms with Crippen LogP contribution in [0.5, 0.6) is 11.5 Å². The Morgan fingerprint density at radius 1 is 0.711 bits per heavy atom. The molecular formula is C30H42BrNO6. The lowest BCUT2D eigenvalue weighted by molar-refractivity contribution is -0.169. The molecule has 2 atom stereocenters. The van der Waals surface area contributed by atoms with Gasteiger partial charge >= 0.3 is 11.9 Å². The van der Waals surface area contributed by atoms with Gasteiger partial charge in [-0.1, -0.05) is 40.2 Å². The molecule has 0 saturated carbocycles. The van der Waals surface area contributed by atoms with E-state index in [-0.39, 0.29) is 0 Å². The normalized spacial score (nSPS) is 13.5. The lowest BCUT2D eigenvalue weighted by Gasteiger charge is -2.38. The van der Waals surface area contributed by atoms with E-state index in [1.165, 1.54) is 0 Å². The van der Waals surface area contributed by atoms with Crippen molar-refractivity contribution in [2.45, 2.75) is 77.7 Å². The van der Waals surface area contributed by atoms with Gasteiger partial charge in [0.2, 0.25) is 0 Å². The van der Waals surface area contributed by atoms with Crippen LogP contribution in [0.2, 0.25) is 0 Å². The molecule has 0 spiro atoms. The van der Waals surface area contributed by atoms with E-state index in [4.69, 9.17) is 18.9 Å². The molecule has 7 nitrogen and oxygen atoms in total. The van der Waals surface area contributed by atoms with E-state index >= 15 is 0 Å². The fraction of sp³-hybridized carbons (Fsp3) is 0.533. The van der Waals surface area contributed by atoms with E-state index in [0.717, 1.165) is 22.6 Å². The predicted molar refractivity (Wildman–Crippen MR) is 153 cm³/mol. The van der Waals surface area contributed by atoms with Crippen molar-refractivity contribution in [3.63, 3.8) is 0 Å². The van der Waals surface area contributed by atoms with Crippen molar-refractivity contribution in [2.75, 3.05) is 26.1 Å². The number of esters is 2. The fourth-order valence-corrected chi connectivity index (χ4v) is 4.42. The van der Waals surface area contributed by atoms with Crippen molar-refractivity contribution in [1.82, 2.24) is 4.90 Å². The van der Waals surface area contributed by atoms with E-state index < -0.39 is 35.2 Å². The minimum Gasteiger partial charge on any atom is -0.497 e. The van der Waals surface area contributed by atoms with Crippen molar-refractivity contribution in [2.24, 2.45) is 0 Å². The van der Waals surface area contributed by atoms with E-state index in [9.17, 15) is 9.59 Å². The van der Waals surface area contributed by atoms with E-state index in [2.05, 4.69) is 15.9 Å². The van der Waals surface area contributed by atoms with Gasteiger partial charge in [-0.25, -0.2) is 0 Å². The zero-order valence-corrected chi connectivity index (χ0v) is 25.5. The minimum atomic E-state index is -0.726. The third kappa shape index (κ3) is 10.3. The summed E-state index contributed by atoms with van der Waals surface area (Å²) in [5.41, 5.74) is 0.474. The summed E-state index contributed by atoms with van der Waals surface area (Å²) in [4.78, 5) is 29.3. The molecule has 0 amide bonds. The number of hydrogen-bond acceptors (Lipinski definition) is 7. The predicted octanol–water partition coefficient (Wildman–Crippen LogP) is 5.61. The molecule has 210 valence electrons. The molecule has 0 fully saturated rings. The lowest BCUT2D eigenvalue weighted by Crippen LogP contribution is -2.55. The van der Waals surface area contributed by atoms with Crippen LogP contribution in [0.1, 0.15) is 52.7 Å². The Kier molecular flexibility index (Phi) is 11.6. The molecular weight excluding hydrogens is 550 g/mol. The molecule has 0 aliphatic heterocycles. The smallest absolute Gasteiger partial charge is 0.324 e. The standard InChI is InChI=1S/C30H42BrNO6/c1-29(2,3)37-27(33)25(19-21-9-13-23(35-7)14-10-21)32(18-17-31)26(28(34)38-30(4,5)6)20-22-11-15-24(36-8)16-12-22/h9-16,25-26H,17-20H2,1-8H3. The highest BCUT2D eigenvalue weighted by atomic mass is 79.9. The number of rotatable bonds is 12. The minimum absolute atomic E-state index is 0.355. The second-order valence-electron chi connectivity index (χ2n) is 11.1. The van der Waals surface area contributed by atoms with Gasteiger partial charge in [0.05, 0.1) is 14.2 Å². The summed E-state index contributed by atoms with van der Waals surface area (Å²) < 4.78 is 22.3. The first-order chi connectivity index (χ1) is 17.8. The van der Waals surface area contributed by atoms with E-state index in [1.807, 2.05) is 95.0 Å². The fourth-order valence-electron chi connectivity index (χ4n) is 4.01. The molecule has 0 heterocycles. The number of ether oxygens (including phenoxy) is 4. The van der Waals surface area contributed by atoms with Gasteiger partial charge in [-0.2, -0.15) is 0 Å². The molecule has 2 unspecified atom stereocenters. The van der Waals surface area contributed by atoms with Crippen LogP contribution in [-0.4, -0.2) is 66.2 Å². The Morgan fingerprint density at radius 2 is 1.05 bits per heavy atom. The average molecular weight is 593 g/mol. The van der Waals surface area contributed by atoms with Crippen molar-refractivity contribution in [3.8, 4) is 11.5 Å². The molecule has 8 heteroatoms. The van der Waals surface area contributed by atoms with Crippen LogP contribution in [0.4, 0.5) is 0 Å². The van der Waals surface area contributed by atoms with Crippen molar-refractivity contribution in [1.29, 1.82) is 0 Å². The molecule has 0 bridgehead atoms. The quantitative estimate of drug-likeness (QED) is 0.235. The molecule has 0 N–H and O–H groups in total. The first-order valence-corrected chi connectivity index (χ1v) is 13.9. The lowest BCUT2D eigenvalue weighted by atomic mass is 9.98. The molecule has 2 rings (SSSR count). The summed E-state index contributed by atoms with van der Waals surface area (Å²) >= 11 is 3.54. The molecule has 0 saturated heterocycles. The van der Waals surface area contributed by atoms with Crippen LogP contribution in [0.25, 0.3) is 0 Å². The highest BCUT2D eigenvalue weighted by Crippen LogP contribution is 2.24. The third-order valence-corrected chi connectivity index (χ3v) is 6.03. The van der Waals surface area contributed by atoms with E-state index in [1.54, 1.807) is 14.2 Å². The van der Waals surface area contributed by atoms with Gasteiger partial charge in [0.25, 0.3) is 0 Å². The van der Waals surface area contributed by atoms with E-state index in [0.29, 0.717) is 24.7 Å². The van der Waals surface area contributed by atoms with Crippen LogP contribution in [-0.2, 0) is 31.9 Å². The largest absolute Gasteiger partial charge is 0.497 e. The van der Waals surface area contributed by atoms with Crippen LogP contribution < -0.4 is 9.47 Å². The molecule has 2 aromatic rings. The summed E-state index contributed by atoms with van der Waals surface area (Å²) in [5.74, 6) is 0.673. The molecule has 0 aliphatic carbocycles. The Hall–Kier alpha value is -2.58. The number of methoxy groups -OCH3 is 2. The Bertz CT molecular complexity index is 943. The number of alkyl halides is 1. The van der Waals surface area contributed by atoms with Crippen molar-refractivity contribution < 1.29 is 28.5 Å². The summed E-state index contributed by atoms with van der Waals surface area (Å²) in [7, 11) is 3.22. The second kappa shape index (κ2) is 14.0. The summed E-state index contributed by atoms with van der Waals surface area (Å²) in [6.07, 6.45) is 0.710. The molecule has 0 aliphatic rings. The van der Waals surface area contributed by atoms with Crippen molar-refractivity contribution in [3.05, 3.63) is 59.7 Å². The molecule has 2 aromatic carbocycles. The van der Waals surface area contributed by atoms with Gasteiger partial charge in [-0.3, -0.25) is 14.5 Å². The van der Waals surface area contributed by atoms with Gasteiger partial charge in [0.15, 0.2) is 0 Å². The SMILES string of the molecule is COc1ccc(CC(C(=O)OC(C)(C)C)N(CCBr)C(Cc2ccc(OC)cc2)C(=O)OC(C)(C)C)cc1. The second-order valence-corrected chi connectivity index (χ2v) is 11.9. The number of halogens is 1. The highest BCUT2D eigenvalue weighted by Gasteiger charge is 2.39. The molecule has 38 heavy (non-hydrogen) atoms. The van der Waals surface area contributed by atoms with Gasteiger partial charge in [0.1, 0.15) is 34.8 Å². The zero-order chi connectivity index (χ0) is 28.5. The zero-order valence-electron chi connectivity index (χ0n) is 23.9. The maximum absolute atomic E-state index is 13.7. The number of nitrogens with zero attached hydrogens (tertiary/aromatic N) is 1. The van der Waals surface area contributed by atoms with Crippen LogP contribution >= 0.6 is 15.9 Å². The average Bonchev–Trinajstić information content (AvgIpc) is 2.83. The Morgan fingerprint density at radius 3 is 1.32 bits per heavy atom. The van der Waals surface area contributed by atoms with Crippen LogP contribution in [0, 0.1) is 0 Å². The topological polar surface area (TPSA) is 74.3 Å². The first kappa shape index (κ1) is 31.6. The maximum Gasteiger partial charge on any atom is 0.324 e.